The van der Waals surface area contributed by atoms with Gasteiger partial charge in [-0.25, -0.2) is 4.68 Å². The number of hydrogen-bond acceptors (Lipinski definition) is 6. The molecular weight excluding hydrogens is 392 g/mol. The van der Waals surface area contributed by atoms with Gasteiger partial charge in [-0.2, -0.15) is 0 Å². The maximum Gasteiger partial charge on any atom is 0.269 e. The van der Waals surface area contributed by atoms with Crippen LogP contribution in [0.4, 0.5) is 0 Å². The van der Waals surface area contributed by atoms with Crippen LogP contribution in [0.3, 0.4) is 0 Å². The Morgan fingerprint density at radius 1 is 1.16 bits per heavy atom. The van der Waals surface area contributed by atoms with Gasteiger partial charge in [-0.1, -0.05) is 6.07 Å². The van der Waals surface area contributed by atoms with E-state index >= 15 is 0 Å². The lowest BCUT2D eigenvalue weighted by molar-refractivity contribution is 0.277. The SMILES string of the molecule is COc1ccc([C@H]2C[C@@H]2COc2cc(CCc3nc(C)ccc3C)c(=O)n(C)n2)nc1. The molecule has 0 radical (unpaired) electrons. The summed E-state index contributed by atoms with van der Waals surface area (Å²) in [5, 5.41) is 4.27. The minimum Gasteiger partial charge on any atom is -0.495 e. The second-order valence-electron chi connectivity index (χ2n) is 8.19. The molecule has 0 amide bonds. The fraction of sp³-hybridized carbons (Fsp3) is 0.417. The summed E-state index contributed by atoms with van der Waals surface area (Å²) in [6.45, 7) is 4.58. The molecule has 1 aliphatic rings. The van der Waals surface area contributed by atoms with E-state index in [0.29, 0.717) is 42.7 Å². The summed E-state index contributed by atoms with van der Waals surface area (Å²) < 4.78 is 12.5. The highest BCUT2D eigenvalue weighted by atomic mass is 16.5. The van der Waals surface area contributed by atoms with E-state index in [1.165, 1.54) is 4.68 Å². The predicted octanol–water partition coefficient (Wildman–Crippen LogP) is 3.16. The third-order valence-electron chi connectivity index (χ3n) is 5.83. The first-order valence-electron chi connectivity index (χ1n) is 10.6. The van der Waals surface area contributed by atoms with Crippen molar-refractivity contribution in [1.29, 1.82) is 0 Å². The molecule has 0 saturated heterocycles. The number of ether oxygens (including phenoxy) is 2. The zero-order valence-corrected chi connectivity index (χ0v) is 18.5. The molecule has 1 aliphatic carbocycles. The monoisotopic (exact) mass is 420 g/mol. The highest BCUT2D eigenvalue weighted by Crippen LogP contribution is 2.46. The Morgan fingerprint density at radius 3 is 2.74 bits per heavy atom. The number of hydrogen-bond donors (Lipinski definition) is 0. The number of aromatic nitrogens is 4. The molecule has 3 aromatic heterocycles. The van der Waals surface area contributed by atoms with Crippen LogP contribution < -0.4 is 15.0 Å². The van der Waals surface area contributed by atoms with Crippen molar-refractivity contribution in [1.82, 2.24) is 19.7 Å². The van der Waals surface area contributed by atoms with E-state index in [2.05, 4.69) is 21.1 Å². The number of nitrogens with zero attached hydrogens (tertiary/aromatic N) is 4. The van der Waals surface area contributed by atoms with Gasteiger partial charge in [0.1, 0.15) is 5.75 Å². The highest BCUT2D eigenvalue weighted by molar-refractivity contribution is 5.26. The molecule has 3 heterocycles. The van der Waals surface area contributed by atoms with E-state index in [0.717, 1.165) is 34.8 Å². The fourth-order valence-corrected chi connectivity index (χ4v) is 3.79. The molecule has 0 N–H and O–H groups in total. The normalized spacial score (nSPS) is 17.4. The Morgan fingerprint density at radius 2 is 2.00 bits per heavy atom. The molecule has 1 fully saturated rings. The molecule has 31 heavy (non-hydrogen) atoms. The van der Waals surface area contributed by atoms with Crippen molar-refractivity contribution in [3.05, 3.63) is 75.1 Å². The van der Waals surface area contributed by atoms with Gasteiger partial charge >= 0.3 is 0 Å². The zero-order valence-electron chi connectivity index (χ0n) is 18.5. The van der Waals surface area contributed by atoms with Crippen LogP contribution in [0, 0.1) is 19.8 Å². The van der Waals surface area contributed by atoms with Gasteiger partial charge in [-0.05, 0) is 56.9 Å². The van der Waals surface area contributed by atoms with Crippen molar-refractivity contribution >= 4 is 0 Å². The van der Waals surface area contributed by atoms with Crippen LogP contribution in [-0.4, -0.2) is 33.5 Å². The molecule has 0 aliphatic heterocycles. The Hall–Kier alpha value is -3.22. The summed E-state index contributed by atoms with van der Waals surface area (Å²) in [5.41, 5.74) is 4.81. The molecular formula is C24H28N4O3. The van der Waals surface area contributed by atoms with Gasteiger partial charge in [-0.3, -0.25) is 14.8 Å². The number of rotatable bonds is 8. The maximum atomic E-state index is 12.5. The summed E-state index contributed by atoms with van der Waals surface area (Å²) in [4.78, 5) is 21.6. The first kappa shape index (κ1) is 21.0. The Kier molecular flexibility index (Phi) is 6.02. The third kappa shape index (κ3) is 4.93. The second-order valence-corrected chi connectivity index (χ2v) is 8.19. The van der Waals surface area contributed by atoms with Crippen LogP contribution in [0.1, 0.15) is 40.5 Å². The molecule has 0 aromatic carbocycles. The molecule has 2 atom stereocenters. The number of methoxy groups -OCH3 is 1. The van der Waals surface area contributed by atoms with E-state index in [1.54, 1.807) is 26.4 Å². The minimum atomic E-state index is -0.0932. The standard InChI is InChI=1S/C24H28N4O3/c1-15-5-6-16(2)26-21(15)9-7-17-12-23(27-28(3)24(17)29)31-14-18-11-20(18)22-10-8-19(30-4)13-25-22/h5-6,8,10,12-13,18,20H,7,9,11,14H2,1-4H3/t18-,20+/m1/s1. The summed E-state index contributed by atoms with van der Waals surface area (Å²) in [7, 11) is 3.30. The molecule has 7 heteroatoms. The van der Waals surface area contributed by atoms with E-state index < -0.39 is 0 Å². The van der Waals surface area contributed by atoms with Crippen molar-refractivity contribution in [2.45, 2.75) is 39.0 Å². The Balaban J connectivity index is 1.38. The first-order chi connectivity index (χ1) is 14.9. The summed E-state index contributed by atoms with van der Waals surface area (Å²) in [6, 6.07) is 9.79. The number of pyridine rings is 2. The molecule has 0 unspecified atom stereocenters. The first-order valence-corrected chi connectivity index (χ1v) is 10.6. The minimum absolute atomic E-state index is 0.0932. The van der Waals surface area contributed by atoms with Crippen molar-refractivity contribution in [3.8, 4) is 11.6 Å². The lowest BCUT2D eigenvalue weighted by Crippen LogP contribution is -2.24. The molecule has 4 rings (SSSR count). The van der Waals surface area contributed by atoms with Crippen LogP contribution in [-0.2, 0) is 19.9 Å². The fourth-order valence-electron chi connectivity index (χ4n) is 3.79. The van der Waals surface area contributed by atoms with Crippen molar-refractivity contribution in [2.24, 2.45) is 13.0 Å². The lowest BCUT2D eigenvalue weighted by atomic mass is 10.1. The zero-order chi connectivity index (χ0) is 22.0. The predicted molar refractivity (Wildman–Crippen MR) is 118 cm³/mol. The quantitative estimate of drug-likeness (QED) is 0.557. The van der Waals surface area contributed by atoms with Gasteiger partial charge in [-0.15, -0.1) is 5.10 Å². The van der Waals surface area contributed by atoms with Gasteiger partial charge in [0.05, 0.1) is 19.9 Å². The molecule has 3 aromatic rings. The van der Waals surface area contributed by atoms with Crippen molar-refractivity contribution < 1.29 is 9.47 Å². The lowest BCUT2D eigenvalue weighted by Gasteiger charge is -2.10. The van der Waals surface area contributed by atoms with Crippen LogP contribution in [0.25, 0.3) is 0 Å². The largest absolute Gasteiger partial charge is 0.495 e. The van der Waals surface area contributed by atoms with Gasteiger partial charge < -0.3 is 9.47 Å². The van der Waals surface area contributed by atoms with E-state index in [-0.39, 0.29) is 5.56 Å². The maximum absolute atomic E-state index is 12.5. The Bertz CT molecular complexity index is 1120. The third-order valence-corrected chi connectivity index (χ3v) is 5.83. The van der Waals surface area contributed by atoms with Gasteiger partial charge in [0, 0.05) is 47.6 Å². The van der Waals surface area contributed by atoms with Gasteiger partial charge in [0.15, 0.2) is 0 Å². The van der Waals surface area contributed by atoms with E-state index in [1.807, 2.05) is 32.0 Å². The second kappa shape index (κ2) is 8.88. The highest BCUT2D eigenvalue weighted by Gasteiger charge is 2.40. The molecule has 1 saturated carbocycles. The number of aryl methyl sites for hydroxylation is 5. The molecule has 0 bridgehead atoms. The summed E-state index contributed by atoms with van der Waals surface area (Å²) in [5.74, 6) is 2.05. The average Bonchev–Trinajstić information content (AvgIpc) is 3.55. The average molecular weight is 421 g/mol. The van der Waals surface area contributed by atoms with Crippen LogP contribution >= 0.6 is 0 Å². The topological polar surface area (TPSA) is 79.1 Å². The summed E-state index contributed by atoms with van der Waals surface area (Å²) >= 11 is 0. The van der Waals surface area contributed by atoms with Crippen molar-refractivity contribution in [2.75, 3.05) is 13.7 Å². The van der Waals surface area contributed by atoms with E-state index in [9.17, 15) is 4.79 Å². The van der Waals surface area contributed by atoms with Crippen molar-refractivity contribution in [3.63, 3.8) is 0 Å². The Labute approximate surface area is 182 Å². The molecule has 7 nitrogen and oxygen atoms in total. The van der Waals surface area contributed by atoms with Crippen LogP contribution in [0.5, 0.6) is 11.6 Å². The van der Waals surface area contributed by atoms with Crippen LogP contribution in [0.2, 0.25) is 0 Å². The summed E-state index contributed by atoms with van der Waals surface area (Å²) in [6.07, 6.45) is 4.10. The smallest absolute Gasteiger partial charge is 0.269 e. The molecule has 162 valence electrons. The van der Waals surface area contributed by atoms with Gasteiger partial charge in [0.25, 0.3) is 5.56 Å². The molecule has 0 spiro atoms. The van der Waals surface area contributed by atoms with Gasteiger partial charge in [0.2, 0.25) is 5.88 Å². The van der Waals surface area contributed by atoms with E-state index in [4.69, 9.17) is 9.47 Å². The van der Waals surface area contributed by atoms with Crippen LogP contribution in [0.15, 0.2) is 41.3 Å².